The van der Waals surface area contributed by atoms with E-state index >= 15 is 0 Å². The Balaban J connectivity index is 2.13. The van der Waals surface area contributed by atoms with E-state index in [1.165, 1.54) is 28.8 Å². The van der Waals surface area contributed by atoms with Gasteiger partial charge in [-0.25, -0.2) is 0 Å². The third-order valence-electron chi connectivity index (χ3n) is 3.17. The molecule has 1 heteroatoms. The van der Waals surface area contributed by atoms with Crippen molar-refractivity contribution in [3.8, 4) is 11.1 Å². The second kappa shape index (κ2) is 6.42. The summed E-state index contributed by atoms with van der Waals surface area (Å²) in [5, 5.41) is 3.41. The average Bonchev–Trinajstić information content (AvgIpc) is 2.40. The highest BCUT2D eigenvalue weighted by Crippen LogP contribution is 2.22. The summed E-state index contributed by atoms with van der Waals surface area (Å²) in [6.07, 6.45) is 2.37. The molecule has 2 aromatic rings. The molecule has 0 aliphatic rings. The van der Waals surface area contributed by atoms with E-state index in [1.807, 2.05) is 0 Å². The predicted octanol–water partition coefficient (Wildman–Crippen LogP) is 5.13. The number of benzene rings is 2. The van der Waals surface area contributed by atoms with E-state index in [2.05, 4.69) is 74.6 Å². The lowest BCUT2D eigenvalue weighted by Gasteiger charge is -2.10. The fourth-order valence-electron chi connectivity index (χ4n) is 2.24. The molecule has 0 saturated heterocycles. The zero-order chi connectivity index (χ0) is 13.7. The van der Waals surface area contributed by atoms with Crippen LogP contribution in [0.25, 0.3) is 11.1 Å². The molecule has 0 atom stereocenters. The Hall–Kier alpha value is -1.76. The molecule has 0 aliphatic heterocycles. The van der Waals surface area contributed by atoms with Crippen LogP contribution in [0.1, 0.15) is 32.8 Å². The van der Waals surface area contributed by atoms with Crippen LogP contribution in [0.2, 0.25) is 0 Å². The molecular formula is C18H23N. The number of hydrogen-bond acceptors (Lipinski definition) is 1. The first-order valence-electron chi connectivity index (χ1n) is 7.15. The van der Waals surface area contributed by atoms with E-state index in [-0.39, 0.29) is 0 Å². The van der Waals surface area contributed by atoms with Gasteiger partial charge in [-0.15, -0.1) is 0 Å². The summed E-state index contributed by atoms with van der Waals surface area (Å²) in [5.74, 6) is 0. The van der Waals surface area contributed by atoms with Crippen molar-refractivity contribution < 1.29 is 0 Å². The molecule has 1 N–H and O–H groups in total. The zero-order valence-electron chi connectivity index (χ0n) is 12.1. The first kappa shape index (κ1) is 13.7. The zero-order valence-corrected chi connectivity index (χ0v) is 12.1. The topological polar surface area (TPSA) is 12.0 Å². The van der Waals surface area contributed by atoms with E-state index < -0.39 is 0 Å². The van der Waals surface area contributed by atoms with Gasteiger partial charge in [0.1, 0.15) is 0 Å². The highest BCUT2D eigenvalue weighted by Gasteiger charge is 1.99. The van der Waals surface area contributed by atoms with Crippen LogP contribution in [-0.2, 0) is 6.42 Å². The van der Waals surface area contributed by atoms with Gasteiger partial charge in [-0.05, 0) is 49.1 Å². The normalized spacial score (nSPS) is 10.7. The second-order valence-corrected chi connectivity index (χ2v) is 5.32. The number of nitrogens with one attached hydrogen (secondary N) is 1. The van der Waals surface area contributed by atoms with Gasteiger partial charge in [0, 0.05) is 11.7 Å². The third-order valence-corrected chi connectivity index (χ3v) is 3.17. The van der Waals surface area contributed by atoms with Crippen LogP contribution in [0.5, 0.6) is 0 Å². The lowest BCUT2D eigenvalue weighted by Crippen LogP contribution is -2.09. The lowest BCUT2D eigenvalue weighted by molar-refractivity contribution is 0.900. The maximum absolute atomic E-state index is 3.41. The van der Waals surface area contributed by atoms with Crippen molar-refractivity contribution in [1.82, 2.24) is 0 Å². The molecule has 2 rings (SSSR count). The van der Waals surface area contributed by atoms with Crippen LogP contribution in [-0.4, -0.2) is 6.04 Å². The maximum Gasteiger partial charge on any atom is 0.0342 e. The molecule has 0 amide bonds. The van der Waals surface area contributed by atoms with Gasteiger partial charge in [-0.2, -0.15) is 0 Å². The summed E-state index contributed by atoms with van der Waals surface area (Å²) in [6.45, 7) is 6.52. The van der Waals surface area contributed by atoms with Gasteiger partial charge in [-0.3, -0.25) is 0 Å². The minimum atomic E-state index is 0.471. The number of aryl methyl sites for hydroxylation is 1. The quantitative estimate of drug-likeness (QED) is 0.779. The van der Waals surface area contributed by atoms with Crippen molar-refractivity contribution in [2.75, 3.05) is 5.32 Å². The molecule has 19 heavy (non-hydrogen) atoms. The number of hydrogen-bond donors (Lipinski definition) is 1. The maximum atomic E-state index is 3.41. The largest absolute Gasteiger partial charge is 0.383 e. The van der Waals surface area contributed by atoms with Crippen molar-refractivity contribution in [2.45, 2.75) is 39.7 Å². The summed E-state index contributed by atoms with van der Waals surface area (Å²) in [4.78, 5) is 0. The molecule has 0 bridgehead atoms. The van der Waals surface area contributed by atoms with Gasteiger partial charge in [0.25, 0.3) is 0 Å². The highest BCUT2D eigenvalue weighted by molar-refractivity contribution is 5.66. The fraction of sp³-hybridized carbons (Fsp3) is 0.333. The molecule has 0 aliphatic carbocycles. The molecule has 0 spiro atoms. The fourth-order valence-corrected chi connectivity index (χ4v) is 2.24. The average molecular weight is 253 g/mol. The molecule has 0 saturated carbocycles. The van der Waals surface area contributed by atoms with E-state index in [0.717, 1.165) is 6.42 Å². The summed E-state index contributed by atoms with van der Waals surface area (Å²) >= 11 is 0. The SMILES string of the molecule is CCCc1ccc(-c2ccc(NC(C)C)cc2)cc1. The van der Waals surface area contributed by atoms with Gasteiger partial charge in [0.15, 0.2) is 0 Å². The molecular weight excluding hydrogens is 230 g/mol. The highest BCUT2D eigenvalue weighted by atomic mass is 14.9. The van der Waals surface area contributed by atoms with Crippen molar-refractivity contribution in [2.24, 2.45) is 0 Å². The van der Waals surface area contributed by atoms with E-state index in [0.29, 0.717) is 6.04 Å². The Kier molecular flexibility index (Phi) is 4.62. The summed E-state index contributed by atoms with van der Waals surface area (Å²) < 4.78 is 0. The standard InChI is InChI=1S/C18H23N/c1-4-5-15-6-8-16(9-7-15)17-10-12-18(13-11-17)19-14(2)3/h6-14,19H,4-5H2,1-3H3. The van der Waals surface area contributed by atoms with E-state index in [9.17, 15) is 0 Å². The molecule has 0 aromatic heterocycles. The molecule has 100 valence electrons. The van der Waals surface area contributed by atoms with Crippen LogP contribution < -0.4 is 5.32 Å². The molecule has 0 radical (unpaired) electrons. The van der Waals surface area contributed by atoms with Crippen LogP contribution in [0.3, 0.4) is 0 Å². The van der Waals surface area contributed by atoms with Gasteiger partial charge in [0.05, 0.1) is 0 Å². The van der Waals surface area contributed by atoms with Crippen molar-refractivity contribution in [3.63, 3.8) is 0 Å². The van der Waals surface area contributed by atoms with Crippen molar-refractivity contribution in [1.29, 1.82) is 0 Å². The predicted molar refractivity (Wildman–Crippen MR) is 84.6 cm³/mol. The molecule has 0 unspecified atom stereocenters. The summed E-state index contributed by atoms with van der Waals surface area (Å²) in [6, 6.07) is 18.0. The van der Waals surface area contributed by atoms with E-state index in [4.69, 9.17) is 0 Å². The molecule has 2 aromatic carbocycles. The second-order valence-electron chi connectivity index (χ2n) is 5.32. The van der Waals surface area contributed by atoms with Crippen molar-refractivity contribution >= 4 is 5.69 Å². The van der Waals surface area contributed by atoms with Crippen LogP contribution >= 0.6 is 0 Å². The third kappa shape index (κ3) is 3.85. The minimum absolute atomic E-state index is 0.471. The Bertz CT molecular complexity index is 494. The van der Waals surface area contributed by atoms with Crippen molar-refractivity contribution in [3.05, 3.63) is 54.1 Å². The Morgan fingerprint density at radius 1 is 0.842 bits per heavy atom. The molecule has 0 fully saturated rings. The van der Waals surface area contributed by atoms with Gasteiger partial charge < -0.3 is 5.32 Å². The first-order chi connectivity index (χ1) is 9.19. The monoisotopic (exact) mass is 253 g/mol. The summed E-state index contributed by atoms with van der Waals surface area (Å²) in [5.41, 5.74) is 5.17. The Morgan fingerprint density at radius 2 is 1.37 bits per heavy atom. The molecule has 0 heterocycles. The smallest absolute Gasteiger partial charge is 0.0342 e. The first-order valence-corrected chi connectivity index (χ1v) is 7.15. The Morgan fingerprint density at radius 3 is 1.84 bits per heavy atom. The van der Waals surface area contributed by atoms with Crippen LogP contribution in [0.15, 0.2) is 48.5 Å². The molecule has 1 nitrogen and oxygen atoms in total. The van der Waals surface area contributed by atoms with E-state index in [1.54, 1.807) is 0 Å². The number of rotatable bonds is 5. The number of anilines is 1. The van der Waals surface area contributed by atoms with Gasteiger partial charge in [0.2, 0.25) is 0 Å². The summed E-state index contributed by atoms with van der Waals surface area (Å²) in [7, 11) is 0. The van der Waals surface area contributed by atoms with Gasteiger partial charge >= 0.3 is 0 Å². The lowest BCUT2D eigenvalue weighted by atomic mass is 10.0. The van der Waals surface area contributed by atoms with Crippen LogP contribution in [0, 0.1) is 0 Å². The minimum Gasteiger partial charge on any atom is -0.383 e. The van der Waals surface area contributed by atoms with Gasteiger partial charge in [-0.1, -0.05) is 49.7 Å². The van der Waals surface area contributed by atoms with Crippen LogP contribution in [0.4, 0.5) is 5.69 Å². The Labute approximate surface area is 116 Å².